The van der Waals surface area contributed by atoms with Gasteiger partial charge in [0.1, 0.15) is 5.82 Å². The van der Waals surface area contributed by atoms with Crippen molar-refractivity contribution in [1.82, 2.24) is 19.3 Å². The van der Waals surface area contributed by atoms with E-state index in [0.29, 0.717) is 35.2 Å². The minimum atomic E-state index is 0. The van der Waals surface area contributed by atoms with Gasteiger partial charge in [-0.2, -0.15) is 11.2 Å². The Labute approximate surface area is 305 Å². The predicted octanol–water partition coefficient (Wildman–Crippen LogP) is 11.0. The van der Waals surface area contributed by atoms with Gasteiger partial charge < -0.3 is 9.30 Å². The Morgan fingerprint density at radius 3 is 2.43 bits per heavy atom. The standard InChI is InChI=1S/C43H46N4O.Pt/c1-9-37-43(42-29(7)19-28(6)20-30(42)8)38(10-2)47(45-37)32-22-31(26(3)4)23-34(24-32)48-33-15-16-36-35-13-11-12-14-39(35)46(40(36)25-33)41-21-27(5)17-18-44-41;/h11-19,21-23,26,28,30,42H,9-10,20H2,1-8H3;/q-2;+2/t28-,30-,42?;/m0./s1. The van der Waals surface area contributed by atoms with Gasteiger partial charge in [-0.05, 0) is 85.7 Å². The Morgan fingerprint density at radius 1 is 0.918 bits per heavy atom. The summed E-state index contributed by atoms with van der Waals surface area (Å²) >= 11 is 0. The smallest absolute Gasteiger partial charge is 0.509 e. The quantitative estimate of drug-likeness (QED) is 0.113. The molecule has 49 heavy (non-hydrogen) atoms. The summed E-state index contributed by atoms with van der Waals surface area (Å²) in [7, 11) is 0. The zero-order valence-electron chi connectivity index (χ0n) is 29.9. The van der Waals surface area contributed by atoms with Crippen molar-refractivity contribution in [2.75, 3.05) is 0 Å². The minimum absolute atomic E-state index is 0. The van der Waals surface area contributed by atoms with Crippen LogP contribution in [0.4, 0.5) is 0 Å². The first-order chi connectivity index (χ1) is 23.2. The van der Waals surface area contributed by atoms with E-state index in [0.717, 1.165) is 51.7 Å². The summed E-state index contributed by atoms with van der Waals surface area (Å²) in [5.41, 5.74) is 10.6. The summed E-state index contributed by atoms with van der Waals surface area (Å²) in [6.07, 6.45) is 7.33. The van der Waals surface area contributed by atoms with E-state index >= 15 is 0 Å². The summed E-state index contributed by atoms with van der Waals surface area (Å²) < 4.78 is 11.0. The average Bonchev–Trinajstić information content (AvgIpc) is 3.59. The molecule has 0 spiro atoms. The monoisotopic (exact) mass is 829 g/mol. The number of para-hydroxylation sites is 1. The molecule has 7 rings (SSSR count). The molecule has 0 radical (unpaired) electrons. The fraction of sp³-hybridized carbons (Fsp3) is 0.349. The first-order valence-electron chi connectivity index (χ1n) is 17.6. The molecule has 3 aromatic carbocycles. The molecule has 3 heterocycles. The van der Waals surface area contributed by atoms with Gasteiger partial charge in [0.15, 0.2) is 0 Å². The number of hydrogen-bond acceptors (Lipinski definition) is 3. The number of benzene rings is 3. The summed E-state index contributed by atoms with van der Waals surface area (Å²) in [6.45, 7) is 18.1. The van der Waals surface area contributed by atoms with Crippen molar-refractivity contribution in [2.45, 2.75) is 86.5 Å². The van der Waals surface area contributed by atoms with Crippen LogP contribution in [0.5, 0.6) is 11.5 Å². The first kappa shape index (κ1) is 34.9. The number of pyridine rings is 1. The van der Waals surface area contributed by atoms with Crippen LogP contribution in [0, 0.1) is 30.9 Å². The maximum atomic E-state index is 6.65. The van der Waals surface area contributed by atoms with Crippen molar-refractivity contribution in [3.63, 3.8) is 0 Å². The molecule has 0 amide bonds. The van der Waals surface area contributed by atoms with Crippen molar-refractivity contribution in [2.24, 2.45) is 11.8 Å². The number of aryl methyl sites for hydroxylation is 2. The second-order valence-electron chi connectivity index (χ2n) is 14.1. The van der Waals surface area contributed by atoms with E-state index in [1.54, 1.807) is 0 Å². The van der Waals surface area contributed by atoms with Gasteiger partial charge in [0.2, 0.25) is 0 Å². The molecular formula is C43H46N4OPt. The van der Waals surface area contributed by atoms with Crippen molar-refractivity contribution >= 4 is 21.8 Å². The Morgan fingerprint density at radius 2 is 1.71 bits per heavy atom. The van der Waals surface area contributed by atoms with Gasteiger partial charge in [0, 0.05) is 40.4 Å². The molecule has 1 aliphatic rings. The molecule has 0 N–H and O–H groups in total. The summed E-state index contributed by atoms with van der Waals surface area (Å²) in [6, 6.07) is 28.3. The van der Waals surface area contributed by atoms with Gasteiger partial charge in [-0.15, -0.1) is 41.3 Å². The van der Waals surface area contributed by atoms with Crippen molar-refractivity contribution in [3.05, 3.63) is 119 Å². The van der Waals surface area contributed by atoms with Crippen LogP contribution in [0.2, 0.25) is 0 Å². The van der Waals surface area contributed by atoms with E-state index < -0.39 is 0 Å². The normalized spacial score (nSPS) is 17.8. The van der Waals surface area contributed by atoms with Crippen LogP contribution in [0.1, 0.15) is 94.8 Å². The zero-order valence-corrected chi connectivity index (χ0v) is 32.1. The number of allylic oxidation sites excluding steroid dienone is 2. The maximum Gasteiger partial charge on any atom is 2.00 e. The summed E-state index contributed by atoms with van der Waals surface area (Å²) in [5.74, 6) is 4.04. The summed E-state index contributed by atoms with van der Waals surface area (Å²) in [4.78, 5) is 4.73. The van der Waals surface area contributed by atoms with E-state index in [9.17, 15) is 0 Å². The molecule has 3 aromatic heterocycles. The largest absolute Gasteiger partial charge is 2.00 e. The van der Waals surface area contributed by atoms with Gasteiger partial charge in [-0.1, -0.05) is 76.9 Å². The maximum absolute atomic E-state index is 6.65. The molecule has 5 nitrogen and oxygen atoms in total. The number of rotatable bonds is 8. The zero-order chi connectivity index (χ0) is 33.7. The average molecular weight is 830 g/mol. The topological polar surface area (TPSA) is 44.9 Å². The number of hydrogen-bond donors (Lipinski definition) is 0. The van der Waals surface area contributed by atoms with E-state index in [2.05, 4.69) is 131 Å². The molecule has 0 fully saturated rings. The fourth-order valence-electron chi connectivity index (χ4n) is 7.96. The molecule has 1 unspecified atom stereocenters. The number of nitrogens with zero attached hydrogens (tertiary/aromatic N) is 4. The number of ether oxygens (including phenoxy) is 1. The molecule has 6 aromatic rings. The first-order valence-corrected chi connectivity index (χ1v) is 17.6. The van der Waals surface area contributed by atoms with Gasteiger partial charge in [-0.25, -0.2) is 4.98 Å². The Balaban J connectivity index is 0.00000417. The van der Waals surface area contributed by atoms with Crippen LogP contribution < -0.4 is 4.74 Å². The van der Waals surface area contributed by atoms with Crippen LogP contribution in [0.15, 0.2) is 78.5 Å². The second kappa shape index (κ2) is 14.1. The number of aromatic nitrogens is 4. The predicted molar refractivity (Wildman–Crippen MR) is 197 cm³/mol. The SMILES string of the molecule is CCc1nn(-c2[c-]c(Oc3[c-]c4c(cc3)c3ccccc3n4-c3cc(C)ccn3)cc(C(C)C)c2)c(CC)c1C1C(C)=C[C@H](C)C[C@@H]1C.[Pt+2]. The van der Waals surface area contributed by atoms with Crippen molar-refractivity contribution in [1.29, 1.82) is 0 Å². The van der Waals surface area contributed by atoms with E-state index in [1.807, 2.05) is 18.3 Å². The minimum Gasteiger partial charge on any atom is -0.509 e. The van der Waals surface area contributed by atoms with E-state index in [-0.39, 0.29) is 21.1 Å². The third-order valence-corrected chi connectivity index (χ3v) is 10.1. The van der Waals surface area contributed by atoms with E-state index in [4.69, 9.17) is 14.8 Å². The second-order valence-corrected chi connectivity index (χ2v) is 14.1. The van der Waals surface area contributed by atoms with Crippen LogP contribution in [0.25, 0.3) is 33.3 Å². The van der Waals surface area contributed by atoms with Gasteiger partial charge >= 0.3 is 21.1 Å². The summed E-state index contributed by atoms with van der Waals surface area (Å²) in [5, 5.41) is 7.56. The Hall–Kier alpha value is -3.95. The molecule has 0 saturated heterocycles. The molecule has 6 heteroatoms. The van der Waals surface area contributed by atoms with Crippen LogP contribution in [-0.4, -0.2) is 19.3 Å². The molecule has 254 valence electrons. The number of fused-ring (bicyclic) bond motifs is 3. The molecule has 3 atom stereocenters. The molecule has 0 saturated carbocycles. The van der Waals surface area contributed by atoms with Crippen molar-refractivity contribution < 1.29 is 25.8 Å². The Bertz CT molecular complexity index is 2170. The molecule has 0 aliphatic heterocycles. The van der Waals surface area contributed by atoms with E-state index in [1.165, 1.54) is 34.5 Å². The van der Waals surface area contributed by atoms with Gasteiger partial charge in [0.25, 0.3) is 0 Å². The van der Waals surface area contributed by atoms with Crippen LogP contribution in [0.3, 0.4) is 0 Å². The third-order valence-electron chi connectivity index (χ3n) is 10.1. The third kappa shape index (κ3) is 6.43. The fourth-order valence-corrected chi connectivity index (χ4v) is 7.96. The Kier molecular flexibility index (Phi) is 10.1. The molecule has 0 bridgehead atoms. The van der Waals surface area contributed by atoms with Gasteiger partial charge in [-0.3, -0.25) is 4.68 Å². The molecule has 1 aliphatic carbocycles. The van der Waals surface area contributed by atoms with Crippen LogP contribution >= 0.6 is 0 Å². The van der Waals surface area contributed by atoms with Gasteiger partial charge in [0.05, 0.1) is 5.69 Å². The molecular weight excluding hydrogens is 784 g/mol. The van der Waals surface area contributed by atoms with Crippen molar-refractivity contribution in [3.8, 4) is 23.0 Å². The van der Waals surface area contributed by atoms with Crippen LogP contribution in [-0.2, 0) is 33.9 Å².